The molecule has 10 nitrogen and oxygen atoms in total. The van der Waals surface area contributed by atoms with E-state index in [0.29, 0.717) is 17.0 Å². The first-order chi connectivity index (χ1) is 18.4. The number of nitrogens with zero attached hydrogens (tertiary/aromatic N) is 5. The van der Waals surface area contributed by atoms with Crippen LogP contribution in [0.2, 0.25) is 0 Å². The van der Waals surface area contributed by atoms with Crippen molar-refractivity contribution in [3.63, 3.8) is 0 Å². The van der Waals surface area contributed by atoms with E-state index in [4.69, 9.17) is 0 Å². The molecule has 5 rings (SSSR count). The molecule has 2 amide bonds. The molecule has 1 unspecified atom stereocenters. The van der Waals surface area contributed by atoms with Crippen LogP contribution < -0.4 is 10.6 Å². The van der Waals surface area contributed by atoms with Crippen LogP contribution in [0.15, 0.2) is 23.0 Å². The van der Waals surface area contributed by atoms with Crippen molar-refractivity contribution in [1.82, 2.24) is 35.5 Å². The summed E-state index contributed by atoms with van der Waals surface area (Å²) in [4.78, 5) is 29.7. The number of imidazole rings is 1. The molecule has 2 aliphatic rings. The zero-order valence-electron chi connectivity index (χ0n) is 20.8. The van der Waals surface area contributed by atoms with Crippen molar-refractivity contribution in [1.29, 1.82) is 0 Å². The lowest BCUT2D eigenvalue weighted by atomic mass is 9.81. The molecule has 0 bridgehead atoms. The first-order valence-electron chi connectivity index (χ1n) is 12.6. The van der Waals surface area contributed by atoms with Crippen LogP contribution in [0, 0.1) is 24.7 Å². The van der Waals surface area contributed by atoms with Gasteiger partial charge in [-0.3, -0.25) is 9.59 Å². The Kier molecular flexibility index (Phi) is 7.01. The van der Waals surface area contributed by atoms with Gasteiger partial charge in [0, 0.05) is 31.7 Å². The van der Waals surface area contributed by atoms with Crippen molar-refractivity contribution in [2.24, 2.45) is 17.8 Å². The van der Waals surface area contributed by atoms with E-state index in [-0.39, 0.29) is 55.8 Å². The van der Waals surface area contributed by atoms with E-state index < -0.39 is 48.3 Å². The highest BCUT2D eigenvalue weighted by atomic mass is 19.4. The second kappa shape index (κ2) is 10.2. The van der Waals surface area contributed by atoms with Gasteiger partial charge in [0.25, 0.3) is 5.91 Å². The predicted octanol–water partition coefficient (Wildman–Crippen LogP) is 3.57. The van der Waals surface area contributed by atoms with E-state index in [1.807, 2.05) is 0 Å². The summed E-state index contributed by atoms with van der Waals surface area (Å²) < 4.78 is 73.3. The molecule has 15 heteroatoms. The monoisotopic (exact) mass is 555 g/mol. The molecule has 2 fully saturated rings. The number of aromatic nitrogens is 5. The van der Waals surface area contributed by atoms with Gasteiger partial charge in [-0.25, -0.2) is 22.9 Å². The maximum Gasteiger partial charge on any atom is 0.393 e. The number of aryl methyl sites for hydroxylation is 1. The lowest BCUT2D eigenvalue weighted by molar-refractivity contribution is -0.183. The Hall–Kier alpha value is -3.65. The molecule has 39 heavy (non-hydrogen) atoms. The molecule has 0 radical (unpaired) electrons. The summed E-state index contributed by atoms with van der Waals surface area (Å²) in [6.07, 6.45) is -3.55. The lowest BCUT2D eigenvalue weighted by Gasteiger charge is -2.33. The number of rotatable bonds is 6. The van der Waals surface area contributed by atoms with E-state index in [2.05, 4.69) is 35.7 Å². The molecule has 210 valence electrons. The Bertz CT molecular complexity index is 1360. The normalized spacial score (nSPS) is 23.0. The fourth-order valence-electron chi connectivity index (χ4n) is 5.25. The van der Waals surface area contributed by atoms with Crippen LogP contribution in [0.25, 0.3) is 5.65 Å². The standard InChI is InChI=1S/C24H26F5N7O3/c1-12-19(35-39-34-12)22(38)32-20(13-4-6-23(25,26)7-5-13)17-11-36-18(31-17)3-2-16(33-36)9-14-8-15(24(27,28)29)10-30-21(14)37/h2-3,11,13-15,20H,4-10H2,1H3,(H,30,37)(H,32,38)/t14?,15-,20+/m1/s1. The fraction of sp³-hybridized carbons (Fsp3) is 0.583. The number of carbonyl (C=O) groups is 2. The summed E-state index contributed by atoms with van der Waals surface area (Å²) in [6, 6.07) is 2.44. The van der Waals surface area contributed by atoms with Gasteiger partial charge in [-0.05, 0) is 49.4 Å². The van der Waals surface area contributed by atoms with Crippen molar-refractivity contribution in [2.45, 2.75) is 63.6 Å². The minimum Gasteiger partial charge on any atom is -0.355 e. The van der Waals surface area contributed by atoms with Gasteiger partial charge in [-0.15, -0.1) is 0 Å². The topological polar surface area (TPSA) is 127 Å². The van der Waals surface area contributed by atoms with E-state index in [1.54, 1.807) is 25.3 Å². The summed E-state index contributed by atoms with van der Waals surface area (Å²) >= 11 is 0. The number of piperidine rings is 1. The highest BCUT2D eigenvalue weighted by Gasteiger charge is 2.45. The van der Waals surface area contributed by atoms with Gasteiger partial charge in [0.15, 0.2) is 11.3 Å². The molecule has 1 aliphatic heterocycles. The summed E-state index contributed by atoms with van der Waals surface area (Å²) in [5.74, 6) is -6.69. The smallest absolute Gasteiger partial charge is 0.355 e. The van der Waals surface area contributed by atoms with Crippen LogP contribution in [-0.2, 0) is 11.2 Å². The average Bonchev–Trinajstić information content (AvgIpc) is 3.49. The fourth-order valence-corrected chi connectivity index (χ4v) is 5.25. The van der Waals surface area contributed by atoms with Gasteiger partial charge in [-0.2, -0.15) is 18.3 Å². The number of alkyl halides is 5. The molecular formula is C24H26F5N7O3. The minimum absolute atomic E-state index is 0.00181. The second-order valence-corrected chi connectivity index (χ2v) is 10.3. The summed E-state index contributed by atoms with van der Waals surface area (Å²) in [5, 5.41) is 16.8. The third-order valence-electron chi connectivity index (χ3n) is 7.48. The first kappa shape index (κ1) is 26.9. The van der Waals surface area contributed by atoms with Crippen LogP contribution in [0.3, 0.4) is 0 Å². The highest BCUT2D eigenvalue weighted by Crippen LogP contribution is 2.41. The number of halogens is 5. The molecule has 0 aromatic carbocycles. The first-order valence-corrected chi connectivity index (χ1v) is 12.6. The Labute approximate surface area is 218 Å². The van der Waals surface area contributed by atoms with Crippen LogP contribution in [-0.4, -0.2) is 55.4 Å². The Balaban J connectivity index is 1.39. The second-order valence-electron chi connectivity index (χ2n) is 10.3. The number of amides is 2. The Morgan fingerprint density at radius 3 is 2.67 bits per heavy atom. The van der Waals surface area contributed by atoms with Gasteiger partial charge in [0.05, 0.1) is 29.5 Å². The average molecular weight is 556 g/mol. The third-order valence-corrected chi connectivity index (χ3v) is 7.48. The lowest BCUT2D eigenvalue weighted by Crippen LogP contribution is -2.47. The quantitative estimate of drug-likeness (QED) is 0.445. The van der Waals surface area contributed by atoms with Gasteiger partial charge in [0.1, 0.15) is 5.69 Å². The van der Waals surface area contributed by atoms with Crippen molar-refractivity contribution in [3.05, 3.63) is 41.1 Å². The van der Waals surface area contributed by atoms with Crippen molar-refractivity contribution in [3.8, 4) is 0 Å². The molecule has 0 spiro atoms. The van der Waals surface area contributed by atoms with Crippen LogP contribution >= 0.6 is 0 Å². The third kappa shape index (κ3) is 5.86. The van der Waals surface area contributed by atoms with Gasteiger partial charge >= 0.3 is 6.18 Å². The maximum atomic E-state index is 13.9. The van der Waals surface area contributed by atoms with Crippen LogP contribution in [0.1, 0.15) is 65.7 Å². The summed E-state index contributed by atoms with van der Waals surface area (Å²) in [6.45, 7) is 1.10. The Morgan fingerprint density at radius 2 is 2.00 bits per heavy atom. The molecule has 3 aromatic rings. The van der Waals surface area contributed by atoms with E-state index in [9.17, 15) is 31.5 Å². The van der Waals surface area contributed by atoms with Crippen LogP contribution in [0.4, 0.5) is 22.0 Å². The molecule has 3 aromatic heterocycles. The molecule has 2 N–H and O–H groups in total. The number of nitrogens with one attached hydrogen (secondary N) is 2. The SMILES string of the molecule is Cc1nonc1C(=O)N[C@H](c1cn2nc(CC3C[C@@H](C(F)(F)F)CNC3=O)ccc2n1)C1CCC(F)(F)CC1. The van der Waals surface area contributed by atoms with Gasteiger partial charge < -0.3 is 10.6 Å². The van der Waals surface area contributed by atoms with Crippen molar-refractivity contribution >= 4 is 17.5 Å². The number of hydrogen-bond acceptors (Lipinski definition) is 7. The van der Waals surface area contributed by atoms with E-state index in [0.717, 1.165) is 0 Å². The largest absolute Gasteiger partial charge is 0.393 e. The highest BCUT2D eigenvalue weighted by molar-refractivity contribution is 5.93. The molecule has 1 saturated heterocycles. The molecular weight excluding hydrogens is 529 g/mol. The van der Waals surface area contributed by atoms with E-state index in [1.165, 1.54) is 4.52 Å². The zero-order valence-corrected chi connectivity index (χ0v) is 20.8. The number of hydrogen-bond donors (Lipinski definition) is 2. The molecule has 1 aliphatic carbocycles. The summed E-state index contributed by atoms with van der Waals surface area (Å²) in [5.41, 5.74) is 1.38. The van der Waals surface area contributed by atoms with Crippen molar-refractivity contribution < 1.29 is 36.2 Å². The maximum absolute atomic E-state index is 13.9. The van der Waals surface area contributed by atoms with Crippen LogP contribution in [0.5, 0.6) is 0 Å². The van der Waals surface area contributed by atoms with Crippen molar-refractivity contribution in [2.75, 3.05) is 6.54 Å². The number of fused-ring (bicyclic) bond motifs is 1. The molecule has 1 saturated carbocycles. The minimum atomic E-state index is -4.41. The molecule has 4 heterocycles. The van der Waals surface area contributed by atoms with Gasteiger partial charge in [-0.1, -0.05) is 5.16 Å². The predicted molar refractivity (Wildman–Crippen MR) is 123 cm³/mol. The Morgan fingerprint density at radius 1 is 1.26 bits per heavy atom. The molecule has 3 atom stereocenters. The summed E-state index contributed by atoms with van der Waals surface area (Å²) in [7, 11) is 0. The number of carbonyl (C=O) groups excluding carboxylic acids is 2. The van der Waals surface area contributed by atoms with E-state index >= 15 is 0 Å². The van der Waals surface area contributed by atoms with Gasteiger partial charge in [0.2, 0.25) is 11.8 Å². The zero-order chi connectivity index (χ0) is 27.9.